The molecule has 2 aliphatic rings. The third-order valence-electron chi connectivity index (χ3n) is 8.28. The summed E-state index contributed by atoms with van der Waals surface area (Å²) in [5.41, 5.74) is 3.80. The molecule has 12 nitrogen and oxygen atoms in total. The van der Waals surface area contributed by atoms with E-state index in [1.54, 1.807) is 51.5 Å². The molecule has 2 aromatic heterocycles. The minimum Gasteiger partial charge on any atom is -0.357 e. The normalized spacial score (nSPS) is 18.7. The summed E-state index contributed by atoms with van der Waals surface area (Å²) in [5.74, 6) is -0.115. The van der Waals surface area contributed by atoms with E-state index in [1.807, 2.05) is 38.1 Å². The molecule has 0 bridgehead atoms. The first kappa shape index (κ1) is 28.8. The lowest BCUT2D eigenvalue weighted by atomic mass is 9.96. The second-order valence-electron chi connectivity index (χ2n) is 10.8. The van der Waals surface area contributed by atoms with Crippen molar-refractivity contribution < 1.29 is 14.4 Å². The first-order valence-electron chi connectivity index (χ1n) is 13.8. The number of carbonyl (C=O) groups excluding carboxylic acids is 3. The van der Waals surface area contributed by atoms with Crippen molar-refractivity contribution >= 4 is 40.9 Å². The fourth-order valence-corrected chi connectivity index (χ4v) is 6.12. The molecule has 0 spiro atoms. The molecule has 4 heterocycles. The molecule has 0 fully saturated rings. The molecule has 6 rings (SSSR count). The van der Waals surface area contributed by atoms with Crippen LogP contribution in [-0.4, -0.2) is 77.1 Å². The Balaban J connectivity index is 1.34. The van der Waals surface area contributed by atoms with Crippen LogP contribution in [0.25, 0.3) is 11.4 Å². The lowest BCUT2D eigenvalue weighted by molar-refractivity contribution is -0.125. The molecular formula is C29H29Cl2N9O3. The van der Waals surface area contributed by atoms with Gasteiger partial charge < -0.3 is 15.1 Å². The molecule has 0 unspecified atom stereocenters. The Kier molecular flexibility index (Phi) is 7.43. The second-order valence-corrected chi connectivity index (χ2v) is 11.7. The number of halogens is 2. The van der Waals surface area contributed by atoms with Crippen LogP contribution < -0.4 is 5.32 Å². The fraction of sp³-hybridized carbons (Fsp3) is 0.345. The van der Waals surface area contributed by atoms with E-state index in [0.717, 1.165) is 11.1 Å². The Morgan fingerprint density at radius 1 is 1.09 bits per heavy atom. The van der Waals surface area contributed by atoms with E-state index >= 15 is 0 Å². The van der Waals surface area contributed by atoms with Crippen LogP contribution in [0.1, 0.15) is 63.6 Å². The number of aryl methyl sites for hydroxylation is 1. The van der Waals surface area contributed by atoms with Crippen molar-refractivity contribution in [1.29, 1.82) is 0 Å². The molecule has 43 heavy (non-hydrogen) atoms. The van der Waals surface area contributed by atoms with Crippen molar-refractivity contribution in [2.45, 2.75) is 44.9 Å². The van der Waals surface area contributed by atoms with E-state index < -0.39 is 6.04 Å². The number of likely N-dealkylation sites (N-methyl/N-ethyl adjacent to an activating group) is 1. The molecular weight excluding hydrogens is 593 g/mol. The molecule has 0 aliphatic carbocycles. The van der Waals surface area contributed by atoms with Crippen LogP contribution in [0, 0.1) is 0 Å². The highest BCUT2D eigenvalue weighted by Gasteiger charge is 2.43. The Labute approximate surface area is 257 Å². The number of nitrogens with zero attached hydrogens (tertiary/aromatic N) is 8. The molecule has 2 aliphatic heterocycles. The number of aromatic nitrogens is 6. The predicted octanol–water partition coefficient (Wildman–Crippen LogP) is 3.47. The highest BCUT2D eigenvalue weighted by Crippen LogP contribution is 2.36. The van der Waals surface area contributed by atoms with Crippen molar-refractivity contribution in [3.05, 3.63) is 80.6 Å². The zero-order valence-corrected chi connectivity index (χ0v) is 25.5. The zero-order valence-electron chi connectivity index (χ0n) is 24.0. The summed E-state index contributed by atoms with van der Waals surface area (Å²) in [6, 6.07) is 11.1. The first-order chi connectivity index (χ1) is 20.6. The zero-order chi connectivity index (χ0) is 30.6. The van der Waals surface area contributed by atoms with E-state index in [2.05, 4.69) is 20.8 Å². The molecule has 14 heteroatoms. The van der Waals surface area contributed by atoms with Gasteiger partial charge in [0.05, 0.1) is 34.9 Å². The maximum Gasteiger partial charge on any atom is 0.273 e. The lowest BCUT2D eigenvalue weighted by Gasteiger charge is -2.38. The summed E-state index contributed by atoms with van der Waals surface area (Å²) in [6.07, 6.45) is 0.435. The van der Waals surface area contributed by atoms with Crippen LogP contribution in [0.3, 0.4) is 0 Å². The summed E-state index contributed by atoms with van der Waals surface area (Å²) in [6.45, 7) is 4.17. The maximum absolute atomic E-state index is 14.2. The van der Waals surface area contributed by atoms with E-state index in [4.69, 9.17) is 28.3 Å². The van der Waals surface area contributed by atoms with Crippen LogP contribution in [0.5, 0.6) is 0 Å². The van der Waals surface area contributed by atoms with Gasteiger partial charge in [-0.2, -0.15) is 5.10 Å². The fourth-order valence-electron chi connectivity index (χ4n) is 5.82. The lowest BCUT2D eigenvalue weighted by Crippen LogP contribution is -2.49. The Morgan fingerprint density at radius 2 is 1.84 bits per heavy atom. The summed E-state index contributed by atoms with van der Waals surface area (Å²) in [5, 5.41) is 19.8. The van der Waals surface area contributed by atoms with Gasteiger partial charge in [-0.05, 0) is 48.0 Å². The third-order valence-corrected chi connectivity index (χ3v) is 9.02. The van der Waals surface area contributed by atoms with Crippen LogP contribution in [0.4, 0.5) is 0 Å². The van der Waals surface area contributed by atoms with Crippen LogP contribution in [0.15, 0.2) is 42.5 Å². The van der Waals surface area contributed by atoms with Gasteiger partial charge in [-0.25, -0.2) is 9.36 Å². The molecule has 0 radical (unpaired) electrons. The van der Waals surface area contributed by atoms with Gasteiger partial charge in [0, 0.05) is 43.2 Å². The topological polar surface area (TPSA) is 131 Å². The van der Waals surface area contributed by atoms with Crippen molar-refractivity contribution in [2.24, 2.45) is 7.05 Å². The number of amides is 3. The molecule has 0 saturated heterocycles. The first-order valence-corrected chi connectivity index (χ1v) is 14.6. The van der Waals surface area contributed by atoms with E-state index in [-0.39, 0.29) is 47.9 Å². The quantitative estimate of drug-likeness (QED) is 0.361. The average molecular weight is 623 g/mol. The standard InChI is InChI=1S/C29H29Cl2N9O3/c1-15-11-23-20(13-38(15)28(42)19-9-10-21(30)22(31)12-19)25-29(43)39(14-24(27(41)32-3)40(25)34-23)16(2)17-5-7-18(8-6-17)26-33-35-36-37(26)4/h5-10,12,15-16,24H,11,13-14H2,1-4H3,(H,32,41)/t15-,16+,24+/m1/s1. The van der Waals surface area contributed by atoms with Gasteiger partial charge in [0.25, 0.3) is 11.8 Å². The third kappa shape index (κ3) is 4.94. The largest absolute Gasteiger partial charge is 0.357 e. The van der Waals surface area contributed by atoms with Crippen LogP contribution in [-0.2, 0) is 24.8 Å². The van der Waals surface area contributed by atoms with E-state index in [1.165, 1.54) is 0 Å². The van der Waals surface area contributed by atoms with Gasteiger partial charge in [-0.15, -0.1) is 5.10 Å². The summed E-state index contributed by atoms with van der Waals surface area (Å²) in [4.78, 5) is 44.3. The molecule has 0 saturated carbocycles. The number of nitrogens with one attached hydrogen (secondary N) is 1. The van der Waals surface area contributed by atoms with Crippen LogP contribution in [0.2, 0.25) is 10.0 Å². The SMILES string of the molecule is CNC(=O)[C@@H]1CN([C@@H](C)c2ccc(-c3nnnn3C)cc2)C(=O)c2c3c(nn21)C[C@@H](C)N(C(=O)c1ccc(Cl)c(Cl)c1)C3. The average Bonchev–Trinajstić information content (AvgIpc) is 3.60. The number of hydrogen-bond donors (Lipinski definition) is 1. The molecule has 3 atom stereocenters. The van der Waals surface area contributed by atoms with Gasteiger partial charge in [0.15, 0.2) is 5.82 Å². The number of rotatable bonds is 5. The number of hydrogen-bond acceptors (Lipinski definition) is 7. The second kappa shape index (κ2) is 11.1. The summed E-state index contributed by atoms with van der Waals surface area (Å²) in [7, 11) is 3.33. The van der Waals surface area contributed by atoms with Crippen molar-refractivity contribution in [3.63, 3.8) is 0 Å². The number of fused-ring (bicyclic) bond motifs is 3. The van der Waals surface area contributed by atoms with Crippen LogP contribution >= 0.6 is 23.2 Å². The van der Waals surface area contributed by atoms with Crippen molar-refractivity contribution in [3.8, 4) is 11.4 Å². The van der Waals surface area contributed by atoms with Crippen molar-refractivity contribution in [1.82, 2.24) is 45.1 Å². The Bertz CT molecular complexity index is 1750. The number of tetrazole rings is 1. The highest BCUT2D eigenvalue weighted by molar-refractivity contribution is 6.42. The molecule has 2 aromatic carbocycles. The molecule has 222 valence electrons. The Hall–Kier alpha value is -4.29. The monoisotopic (exact) mass is 621 g/mol. The van der Waals surface area contributed by atoms with E-state index in [0.29, 0.717) is 39.8 Å². The minimum absolute atomic E-state index is 0.143. The minimum atomic E-state index is -0.732. The number of carbonyl (C=O) groups is 3. The van der Waals surface area contributed by atoms with Gasteiger partial charge >= 0.3 is 0 Å². The summed E-state index contributed by atoms with van der Waals surface area (Å²) >= 11 is 12.3. The van der Waals surface area contributed by atoms with Gasteiger partial charge in [0.1, 0.15) is 11.7 Å². The number of benzene rings is 2. The van der Waals surface area contributed by atoms with Gasteiger partial charge in [0.2, 0.25) is 5.91 Å². The molecule has 3 amide bonds. The highest BCUT2D eigenvalue weighted by atomic mass is 35.5. The Morgan fingerprint density at radius 3 is 2.49 bits per heavy atom. The molecule has 4 aromatic rings. The summed E-state index contributed by atoms with van der Waals surface area (Å²) < 4.78 is 3.13. The van der Waals surface area contributed by atoms with E-state index in [9.17, 15) is 14.4 Å². The maximum atomic E-state index is 14.2. The van der Waals surface area contributed by atoms with Gasteiger partial charge in [-0.1, -0.05) is 47.5 Å². The van der Waals surface area contributed by atoms with Crippen molar-refractivity contribution in [2.75, 3.05) is 13.6 Å². The molecule has 1 N–H and O–H groups in total. The smallest absolute Gasteiger partial charge is 0.273 e. The predicted molar refractivity (Wildman–Crippen MR) is 159 cm³/mol. The van der Waals surface area contributed by atoms with Gasteiger partial charge in [-0.3, -0.25) is 14.4 Å².